The van der Waals surface area contributed by atoms with Crippen molar-refractivity contribution < 1.29 is 18.1 Å². The average molecular weight is 310 g/mol. The highest BCUT2D eigenvalue weighted by Crippen LogP contribution is 2.36. The maximum atomic E-state index is 11.6. The van der Waals surface area contributed by atoms with Crippen molar-refractivity contribution in [2.75, 3.05) is 18.6 Å². The minimum absolute atomic E-state index is 0.0212. The molecule has 1 aromatic rings. The number of benzene rings is 1. The van der Waals surface area contributed by atoms with Gasteiger partial charge in [-0.2, -0.15) is 5.26 Å². The van der Waals surface area contributed by atoms with E-state index in [0.717, 1.165) is 0 Å². The minimum Gasteiger partial charge on any atom is -0.496 e. The summed E-state index contributed by atoms with van der Waals surface area (Å²) < 4.78 is 28.2. The van der Waals surface area contributed by atoms with Crippen LogP contribution in [0.3, 0.4) is 0 Å². The molecule has 0 aromatic heterocycles. The number of hydrogen-bond acceptors (Lipinski definition) is 6. The average Bonchev–Trinajstić information content (AvgIpc) is 2.74. The predicted octanol–water partition coefficient (Wildman–Crippen LogP) is 1.47. The van der Waals surface area contributed by atoms with Crippen molar-refractivity contribution in [2.45, 2.75) is 12.8 Å². The Morgan fingerprint density at radius 1 is 1.48 bits per heavy atom. The van der Waals surface area contributed by atoms with Gasteiger partial charge in [-0.1, -0.05) is 0 Å². The molecule has 1 fully saturated rings. The van der Waals surface area contributed by atoms with Crippen LogP contribution in [0.1, 0.15) is 12.0 Å². The highest BCUT2D eigenvalue weighted by molar-refractivity contribution is 7.91. The summed E-state index contributed by atoms with van der Waals surface area (Å²) in [6.07, 6.45) is 0.400. The number of nitriles is 1. The zero-order chi connectivity index (χ0) is 15.7. The summed E-state index contributed by atoms with van der Waals surface area (Å²) in [6, 6.07) is 6.31. The number of rotatable bonds is 4. The third kappa shape index (κ3) is 3.31. The van der Waals surface area contributed by atoms with Crippen LogP contribution in [0.5, 0.6) is 5.75 Å². The van der Waals surface area contributed by atoms with E-state index in [0.29, 0.717) is 11.3 Å². The SMILES string of the molecule is COc1cc(CC2(C#N)CCS(=O)(=O)C2)cc([N+](=O)[O-])c1. The van der Waals surface area contributed by atoms with Gasteiger partial charge in [0, 0.05) is 6.07 Å². The van der Waals surface area contributed by atoms with Gasteiger partial charge < -0.3 is 4.74 Å². The molecular weight excluding hydrogens is 296 g/mol. The van der Waals surface area contributed by atoms with Crippen LogP contribution >= 0.6 is 0 Å². The molecule has 0 N–H and O–H groups in total. The number of nitro benzene ring substituents is 1. The number of nitro groups is 1. The van der Waals surface area contributed by atoms with Crippen molar-refractivity contribution in [1.29, 1.82) is 5.26 Å². The molecule has 1 heterocycles. The van der Waals surface area contributed by atoms with E-state index in [1.165, 1.54) is 19.2 Å². The molecule has 0 aliphatic carbocycles. The van der Waals surface area contributed by atoms with Gasteiger partial charge in [-0.25, -0.2) is 8.42 Å². The summed E-state index contributed by atoms with van der Waals surface area (Å²) in [6.45, 7) is 0. The van der Waals surface area contributed by atoms with Crippen LogP contribution in [0.4, 0.5) is 5.69 Å². The normalized spacial score (nSPS) is 23.4. The summed E-state index contributed by atoms with van der Waals surface area (Å²) in [5.74, 6) is 0.0850. The highest BCUT2D eigenvalue weighted by atomic mass is 32.2. The molecule has 1 aromatic carbocycles. The minimum atomic E-state index is -3.22. The molecule has 1 saturated heterocycles. The number of hydrogen-bond donors (Lipinski definition) is 0. The largest absolute Gasteiger partial charge is 0.496 e. The molecular formula is C13H14N2O5S. The quantitative estimate of drug-likeness (QED) is 0.615. The van der Waals surface area contributed by atoms with Gasteiger partial charge in [0.2, 0.25) is 0 Å². The van der Waals surface area contributed by atoms with Crippen LogP contribution in [0.25, 0.3) is 0 Å². The number of ether oxygens (including phenoxy) is 1. The van der Waals surface area contributed by atoms with Gasteiger partial charge in [0.05, 0.1) is 41.1 Å². The van der Waals surface area contributed by atoms with Crippen molar-refractivity contribution in [3.63, 3.8) is 0 Å². The van der Waals surface area contributed by atoms with Crippen LogP contribution < -0.4 is 4.74 Å². The first kappa shape index (κ1) is 15.3. The standard InChI is InChI=1S/C13H14N2O5S/c1-20-12-5-10(4-11(6-12)15(16)17)7-13(8-14)2-3-21(18,19)9-13/h4-6H,2-3,7,9H2,1H3. The van der Waals surface area contributed by atoms with E-state index in [-0.39, 0.29) is 30.0 Å². The summed E-state index contributed by atoms with van der Waals surface area (Å²) in [5.41, 5.74) is -0.628. The number of sulfone groups is 1. The van der Waals surface area contributed by atoms with E-state index in [2.05, 4.69) is 6.07 Å². The lowest BCUT2D eigenvalue weighted by Gasteiger charge is -2.18. The zero-order valence-electron chi connectivity index (χ0n) is 11.4. The van der Waals surface area contributed by atoms with Crippen LogP contribution in [0.2, 0.25) is 0 Å². The number of methoxy groups -OCH3 is 1. The van der Waals surface area contributed by atoms with Gasteiger partial charge in [-0.05, 0) is 24.5 Å². The van der Waals surface area contributed by atoms with Crippen molar-refractivity contribution >= 4 is 15.5 Å². The Bertz CT molecular complexity index is 723. The smallest absolute Gasteiger partial charge is 0.273 e. The third-order valence-electron chi connectivity index (χ3n) is 3.57. The van der Waals surface area contributed by atoms with Crippen LogP contribution in [-0.4, -0.2) is 32.0 Å². The second-order valence-corrected chi connectivity index (χ2v) is 7.39. The summed E-state index contributed by atoms with van der Waals surface area (Å²) >= 11 is 0. The fourth-order valence-corrected chi connectivity index (χ4v) is 4.54. The van der Waals surface area contributed by atoms with Crippen molar-refractivity contribution in [1.82, 2.24) is 0 Å². The molecule has 7 nitrogen and oxygen atoms in total. The van der Waals surface area contributed by atoms with Crippen LogP contribution in [-0.2, 0) is 16.3 Å². The van der Waals surface area contributed by atoms with E-state index >= 15 is 0 Å². The Morgan fingerprint density at radius 3 is 2.67 bits per heavy atom. The Hall–Kier alpha value is -2.14. The van der Waals surface area contributed by atoms with Crippen molar-refractivity contribution in [2.24, 2.45) is 5.41 Å². The first-order valence-corrected chi connectivity index (χ1v) is 8.05. The molecule has 1 aliphatic rings. The fraction of sp³-hybridized carbons (Fsp3) is 0.462. The maximum Gasteiger partial charge on any atom is 0.273 e. The second kappa shape index (κ2) is 5.33. The van der Waals surface area contributed by atoms with E-state index in [9.17, 15) is 23.8 Å². The van der Waals surface area contributed by atoms with E-state index in [1.807, 2.05) is 0 Å². The molecule has 2 rings (SSSR count). The van der Waals surface area contributed by atoms with Gasteiger partial charge in [0.1, 0.15) is 5.75 Å². The Morgan fingerprint density at radius 2 is 2.19 bits per heavy atom. The highest BCUT2D eigenvalue weighted by Gasteiger charge is 2.42. The molecule has 0 spiro atoms. The van der Waals surface area contributed by atoms with Crippen molar-refractivity contribution in [3.05, 3.63) is 33.9 Å². The topological polar surface area (TPSA) is 110 Å². The molecule has 0 amide bonds. The summed E-state index contributed by atoms with van der Waals surface area (Å²) in [5, 5.41) is 20.2. The lowest BCUT2D eigenvalue weighted by atomic mass is 9.82. The first-order chi connectivity index (χ1) is 9.79. The summed E-state index contributed by atoms with van der Waals surface area (Å²) in [4.78, 5) is 10.4. The van der Waals surface area contributed by atoms with E-state index in [1.54, 1.807) is 6.07 Å². The van der Waals surface area contributed by atoms with Crippen LogP contribution in [0, 0.1) is 26.9 Å². The maximum absolute atomic E-state index is 11.6. The first-order valence-electron chi connectivity index (χ1n) is 6.23. The van der Waals surface area contributed by atoms with Gasteiger partial charge >= 0.3 is 0 Å². The molecule has 8 heteroatoms. The lowest BCUT2D eigenvalue weighted by molar-refractivity contribution is -0.385. The fourth-order valence-electron chi connectivity index (χ4n) is 2.54. The molecule has 1 atom stereocenters. The monoisotopic (exact) mass is 310 g/mol. The molecule has 1 unspecified atom stereocenters. The van der Waals surface area contributed by atoms with Crippen molar-refractivity contribution in [3.8, 4) is 11.8 Å². The third-order valence-corrected chi connectivity index (χ3v) is 5.38. The van der Waals surface area contributed by atoms with E-state index < -0.39 is 20.2 Å². The number of non-ortho nitro benzene ring substituents is 1. The van der Waals surface area contributed by atoms with Gasteiger partial charge in [-0.15, -0.1) is 0 Å². The zero-order valence-corrected chi connectivity index (χ0v) is 12.2. The second-order valence-electron chi connectivity index (χ2n) is 5.21. The molecule has 21 heavy (non-hydrogen) atoms. The van der Waals surface area contributed by atoms with Gasteiger partial charge in [0.15, 0.2) is 9.84 Å². The number of nitrogens with zero attached hydrogens (tertiary/aromatic N) is 2. The lowest BCUT2D eigenvalue weighted by Crippen LogP contribution is -2.23. The van der Waals surface area contributed by atoms with Crippen LogP contribution in [0.15, 0.2) is 18.2 Å². The van der Waals surface area contributed by atoms with Gasteiger partial charge in [0.25, 0.3) is 5.69 Å². The Kier molecular flexibility index (Phi) is 3.87. The van der Waals surface area contributed by atoms with E-state index in [4.69, 9.17) is 4.74 Å². The predicted molar refractivity (Wildman–Crippen MR) is 74.7 cm³/mol. The molecule has 1 aliphatic heterocycles. The molecule has 0 radical (unpaired) electrons. The molecule has 0 bridgehead atoms. The van der Waals surface area contributed by atoms with Gasteiger partial charge in [-0.3, -0.25) is 10.1 Å². The molecule has 112 valence electrons. The molecule has 0 saturated carbocycles. The Labute approximate surface area is 122 Å². The summed E-state index contributed by atoms with van der Waals surface area (Å²) in [7, 11) is -1.82. The Balaban J connectivity index is 2.37.